The van der Waals surface area contributed by atoms with Gasteiger partial charge in [-0.2, -0.15) is 0 Å². The largest absolute Gasteiger partial charge is 0.472 e. The predicted molar refractivity (Wildman–Crippen MR) is 159 cm³/mol. The van der Waals surface area contributed by atoms with Crippen LogP contribution in [0, 0.1) is 11.3 Å². The maximum absolute atomic E-state index is 14.2. The monoisotopic (exact) mass is 613 g/mol. The van der Waals surface area contributed by atoms with Gasteiger partial charge < -0.3 is 25.6 Å². The van der Waals surface area contributed by atoms with Gasteiger partial charge in [-0.05, 0) is 30.2 Å². The lowest BCUT2D eigenvalue weighted by Gasteiger charge is -2.37. The number of aromatic nitrogens is 3. The van der Waals surface area contributed by atoms with Gasteiger partial charge in [-0.25, -0.2) is 9.97 Å². The lowest BCUT2D eigenvalue weighted by atomic mass is 9.82. The number of carbonyl (C=O) groups excluding carboxylic acids is 4. The van der Waals surface area contributed by atoms with E-state index in [1.165, 1.54) is 36.7 Å². The van der Waals surface area contributed by atoms with Crippen molar-refractivity contribution in [2.24, 2.45) is 11.3 Å². The Morgan fingerprint density at radius 1 is 1.02 bits per heavy atom. The van der Waals surface area contributed by atoms with Crippen molar-refractivity contribution in [1.29, 1.82) is 0 Å². The first-order valence-electron chi connectivity index (χ1n) is 14.7. The second-order valence-corrected chi connectivity index (χ2v) is 12.6. The first-order valence-corrected chi connectivity index (χ1v) is 15.0. The molecule has 1 aliphatic heterocycles. The van der Waals surface area contributed by atoms with Gasteiger partial charge in [0.25, 0.3) is 5.91 Å². The third-order valence-electron chi connectivity index (χ3n) is 7.97. The van der Waals surface area contributed by atoms with E-state index in [-0.39, 0.29) is 30.5 Å². The molecule has 13 heteroatoms. The molecule has 4 amide bonds. The summed E-state index contributed by atoms with van der Waals surface area (Å²) in [4.78, 5) is 67.7. The van der Waals surface area contributed by atoms with E-state index in [1.807, 2.05) is 20.8 Å². The van der Waals surface area contributed by atoms with Crippen LogP contribution in [0.25, 0.3) is 0 Å². The Kier molecular flexibility index (Phi) is 10.5. The Morgan fingerprint density at radius 2 is 1.77 bits per heavy atom. The molecule has 4 rings (SSSR count). The summed E-state index contributed by atoms with van der Waals surface area (Å²) >= 11 is 5.94. The van der Waals surface area contributed by atoms with Crippen molar-refractivity contribution in [2.75, 3.05) is 13.6 Å². The zero-order chi connectivity index (χ0) is 31.1. The highest BCUT2D eigenvalue weighted by molar-refractivity contribution is 6.30. The van der Waals surface area contributed by atoms with Crippen molar-refractivity contribution in [3.05, 3.63) is 47.6 Å². The molecular weight excluding hydrogens is 574 g/mol. The van der Waals surface area contributed by atoms with E-state index < -0.39 is 47.4 Å². The number of carbonyl (C=O) groups is 4. The lowest BCUT2D eigenvalue weighted by molar-refractivity contribution is -0.144. The van der Waals surface area contributed by atoms with E-state index in [0.29, 0.717) is 10.9 Å². The normalized spacial score (nSPS) is 20.5. The van der Waals surface area contributed by atoms with Crippen LogP contribution in [0.5, 0.6) is 5.88 Å². The lowest BCUT2D eigenvalue weighted by Crippen LogP contribution is -2.61. The Hall–Kier alpha value is -3.80. The molecule has 2 aliphatic rings. The SMILES string of the molecule is CNC(=O)[C@@H]1C[C@@H](Oc2ccc(Cl)cn2)CN1C(=O)[C@@H](NC(=O)[C@@H](NC(=O)c1cnccn1)C1CCCCC1)C(C)(C)C. The minimum absolute atomic E-state index is 0.0971. The maximum Gasteiger partial charge on any atom is 0.272 e. The molecule has 0 unspecified atom stereocenters. The van der Waals surface area contributed by atoms with E-state index in [0.717, 1.165) is 32.1 Å². The van der Waals surface area contributed by atoms with E-state index in [4.69, 9.17) is 16.3 Å². The molecule has 43 heavy (non-hydrogen) atoms. The summed E-state index contributed by atoms with van der Waals surface area (Å²) in [5.74, 6) is -1.47. The van der Waals surface area contributed by atoms with E-state index in [9.17, 15) is 19.2 Å². The van der Waals surface area contributed by atoms with Crippen LogP contribution >= 0.6 is 11.6 Å². The molecule has 1 saturated heterocycles. The van der Waals surface area contributed by atoms with Crippen molar-refractivity contribution in [3.8, 4) is 5.88 Å². The Labute approximate surface area is 256 Å². The zero-order valence-electron chi connectivity index (χ0n) is 25.0. The van der Waals surface area contributed by atoms with Gasteiger partial charge in [-0.3, -0.25) is 24.2 Å². The summed E-state index contributed by atoms with van der Waals surface area (Å²) in [6, 6.07) is 0.615. The topological polar surface area (TPSA) is 156 Å². The van der Waals surface area contributed by atoms with Crippen LogP contribution in [-0.4, -0.2) is 81.3 Å². The first-order chi connectivity index (χ1) is 20.5. The van der Waals surface area contributed by atoms with Gasteiger partial charge in [0.2, 0.25) is 23.6 Å². The fraction of sp³-hybridized carbons (Fsp3) is 0.567. The molecule has 3 N–H and O–H groups in total. The van der Waals surface area contributed by atoms with Crippen LogP contribution in [-0.2, 0) is 14.4 Å². The van der Waals surface area contributed by atoms with Gasteiger partial charge in [-0.1, -0.05) is 51.6 Å². The van der Waals surface area contributed by atoms with E-state index in [1.54, 1.807) is 12.1 Å². The number of likely N-dealkylation sites (N-methyl/N-ethyl adjacent to an activating group) is 1. The van der Waals surface area contributed by atoms with Crippen LogP contribution in [0.2, 0.25) is 5.02 Å². The van der Waals surface area contributed by atoms with Crippen molar-refractivity contribution in [3.63, 3.8) is 0 Å². The van der Waals surface area contributed by atoms with E-state index >= 15 is 0 Å². The molecule has 0 aromatic carbocycles. The fourth-order valence-electron chi connectivity index (χ4n) is 5.69. The fourth-order valence-corrected chi connectivity index (χ4v) is 5.80. The molecule has 12 nitrogen and oxygen atoms in total. The second-order valence-electron chi connectivity index (χ2n) is 12.2. The molecule has 2 aromatic rings. The van der Waals surface area contributed by atoms with Gasteiger partial charge in [0.05, 0.1) is 17.8 Å². The summed E-state index contributed by atoms with van der Waals surface area (Å²) in [6.07, 6.45) is 9.94. The third-order valence-corrected chi connectivity index (χ3v) is 8.19. The summed E-state index contributed by atoms with van der Waals surface area (Å²) in [6.45, 7) is 5.67. The first kappa shape index (κ1) is 32.1. The number of ether oxygens (including phenoxy) is 1. The molecular formula is C30H40ClN7O5. The van der Waals surface area contributed by atoms with Gasteiger partial charge in [0.15, 0.2) is 0 Å². The molecule has 2 aromatic heterocycles. The molecule has 4 atom stereocenters. The number of amides is 4. The minimum Gasteiger partial charge on any atom is -0.472 e. The van der Waals surface area contributed by atoms with Gasteiger partial charge >= 0.3 is 0 Å². The highest BCUT2D eigenvalue weighted by Crippen LogP contribution is 2.30. The number of hydrogen-bond acceptors (Lipinski definition) is 8. The van der Waals surface area contributed by atoms with Crippen molar-refractivity contribution in [1.82, 2.24) is 35.8 Å². The zero-order valence-corrected chi connectivity index (χ0v) is 25.8. The second kappa shape index (κ2) is 14.1. The van der Waals surface area contributed by atoms with Crippen molar-refractivity contribution >= 4 is 35.2 Å². The van der Waals surface area contributed by atoms with Gasteiger partial charge in [0, 0.05) is 38.1 Å². The Bertz CT molecular complexity index is 1280. The van der Waals surface area contributed by atoms with Crippen LogP contribution < -0.4 is 20.7 Å². The minimum atomic E-state index is -0.987. The summed E-state index contributed by atoms with van der Waals surface area (Å²) in [5, 5.41) is 8.91. The van der Waals surface area contributed by atoms with Gasteiger partial charge in [0.1, 0.15) is 29.9 Å². The van der Waals surface area contributed by atoms with Crippen molar-refractivity contribution in [2.45, 2.75) is 83.5 Å². The predicted octanol–water partition coefficient (Wildman–Crippen LogP) is 2.53. The number of rotatable bonds is 9. The summed E-state index contributed by atoms with van der Waals surface area (Å²) in [5.41, 5.74) is -0.617. The number of nitrogens with zero attached hydrogens (tertiary/aromatic N) is 4. The highest BCUT2D eigenvalue weighted by Gasteiger charge is 2.46. The number of nitrogens with one attached hydrogen (secondary N) is 3. The molecule has 1 aliphatic carbocycles. The van der Waals surface area contributed by atoms with Crippen LogP contribution in [0.1, 0.15) is 69.8 Å². The number of pyridine rings is 1. The smallest absolute Gasteiger partial charge is 0.272 e. The molecule has 232 valence electrons. The maximum atomic E-state index is 14.2. The van der Waals surface area contributed by atoms with Gasteiger partial charge in [-0.15, -0.1) is 0 Å². The number of likely N-dealkylation sites (tertiary alicyclic amines) is 1. The van der Waals surface area contributed by atoms with Crippen LogP contribution in [0.4, 0.5) is 0 Å². The number of hydrogen-bond donors (Lipinski definition) is 3. The molecule has 0 radical (unpaired) electrons. The number of halogens is 1. The average Bonchev–Trinajstić information content (AvgIpc) is 3.43. The Morgan fingerprint density at radius 3 is 2.37 bits per heavy atom. The van der Waals surface area contributed by atoms with Crippen LogP contribution in [0.15, 0.2) is 36.9 Å². The van der Waals surface area contributed by atoms with E-state index in [2.05, 4.69) is 30.9 Å². The average molecular weight is 614 g/mol. The Balaban J connectivity index is 1.55. The molecule has 3 heterocycles. The molecule has 2 fully saturated rings. The summed E-state index contributed by atoms with van der Waals surface area (Å²) in [7, 11) is 1.51. The third kappa shape index (κ3) is 8.19. The van der Waals surface area contributed by atoms with Crippen molar-refractivity contribution < 1.29 is 23.9 Å². The standard InChI is InChI=1S/C30H40ClN7O5/c1-30(2,3)25(29(42)38-17-20(14-22(38)27(40)32-4)43-23-11-10-19(31)15-35-23)37-28(41)24(18-8-6-5-7-9-18)36-26(39)21-16-33-12-13-34-21/h10-13,15-16,18,20,22,24-25H,5-9,14,17H2,1-4H3,(H,32,40)(H,36,39)(H,37,41)/t20-,22+,24+,25-/m1/s1. The summed E-state index contributed by atoms with van der Waals surface area (Å²) < 4.78 is 6.00. The van der Waals surface area contributed by atoms with Crippen LogP contribution in [0.3, 0.4) is 0 Å². The molecule has 1 saturated carbocycles. The molecule has 0 spiro atoms. The quantitative estimate of drug-likeness (QED) is 0.390. The molecule has 0 bridgehead atoms. The highest BCUT2D eigenvalue weighted by atomic mass is 35.5.